The second kappa shape index (κ2) is 14.1. The summed E-state index contributed by atoms with van der Waals surface area (Å²) in [4.78, 5) is 10.5. The highest BCUT2D eigenvalue weighted by atomic mass is 14.9. The van der Waals surface area contributed by atoms with E-state index in [1.165, 1.54) is 76.8 Å². The molecular weight excluding hydrogens is 737 g/mol. The van der Waals surface area contributed by atoms with E-state index in [0.717, 1.165) is 28.1 Å². The largest absolute Gasteiger partial charge is 0.228 e. The summed E-state index contributed by atoms with van der Waals surface area (Å²) in [7, 11) is 0. The van der Waals surface area contributed by atoms with Gasteiger partial charge in [-0.15, -0.1) is 0 Å². The van der Waals surface area contributed by atoms with Crippen molar-refractivity contribution in [3.8, 4) is 56.2 Å². The molecule has 0 atom stereocenters. The van der Waals surface area contributed by atoms with Crippen LogP contribution in [0.25, 0.3) is 88.5 Å². The molecule has 0 aliphatic heterocycles. The molecule has 0 saturated carbocycles. The minimum atomic E-state index is -0.475. The zero-order chi connectivity index (χ0) is 40.3. The topological polar surface area (TPSA) is 25.8 Å². The molecule has 0 N–H and O–H groups in total. The molecule has 61 heavy (non-hydrogen) atoms. The van der Waals surface area contributed by atoms with Crippen LogP contribution in [0.4, 0.5) is 0 Å². The van der Waals surface area contributed by atoms with E-state index < -0.39 is 5.41 Å². The van der Waals surface area contributed by atoms with E-state index >= 15 is 0 Å². The van der Waals surface area contributed by atoms with Gasteiger partial charge in [-0.1, -0.05) is 212 Å². The molecule has 1 aliphatic carbocycles. The lowest BCUT2D eigenvalue weighted by Gasteiger charge is -2.34. The Kier molecular flexibility index (Phi) is 8.11. The number of nitrogens with zero attached hydrogens (tertiary/aromatic N) is 2. The number of hydrogen-bond donors (Lipinski definition) is 0. The van der Waals surface area contributed by atoms with Crippen LogP contribution in [-0.2, 0) is 5.41 Å². The fourth-order valence-corrected chi connectivity index (χ4v) is 10.1. The Morgan fingerprint density at radius 3 is 1.51 bits per heavy atom. The Morgan fingerprint density at radius 2 is 0.787 bits per heavy atom. The van der Waals surface area contributed by atoms with Gasteiger partial charge >= 0.3 is 0 Å². The minimum Gasteiger partial charge on any atom is -0.228 e. The molecule has 12 rings (SSSR count). The van der Waals surface area contributed by atoms with Crippen molar-refractivity contribution in [3.05, 3.63) is 253 Å². The highest BCUT2D eigenvalue weighted by molar-refractivity contribution is 6.28. The van der Waals surface area contributed by atoms with Gasteiger partial charge in [0.05, 0.1) is 16.8 Å². The Morgan fingerprint density at radius 1 is 0.279 bits per heavy atom. The summed E-state index contributed by atoms with van der Waals surface area (Å²) in [5, 5.41) is 7.27. The van der Waals surface area contributed by atoms with Gasteiger partial charge in [0.15, 0.2) is 5.82 Å². The Balaban J connectivity index is 1.12. The van der Waals surface area contributed by atoms with E-state index in [0.29, 0.717) is 5.82 Å². The predicted octanol–water partition coefficient (Wildman–Crippen LogP) is 15.0. The molecular formula is C59H38N2. The van der Waals surface area contributed by atoms with Gasteiger partial charge in [0.1, 0.15) is 0 Å². The van der Waals surface area contributed by atoms with Crippen molar-refractivity contribution in [1.82, 2.24) is 9.97 Å². The quantitative estimate of drug-likeness (QED) is 0.157. The molecule has 0 fully saturated rings. The highest BCUT2D eigenvalue weighted by Crippen LogP contribution is 2.57. The summed E-state index contributed by atoms with van der Waals surface area (Å²) in [6.07, 6.45) is 0. The van der Waals surface area contributed by atoms with E-state index in [1.807, 2.05) is 24.3 Å². The molecule has 10 aromatic carbocycles. The second-order valence-electron chi connectivity index (χ2n) is 16.0. The van der Waals surface area contributed by atoms with Crippen LogP contribution in [0.5, 0.6) is 0 Å². The summed E-state index contributed by atoms with van der Waals surface area (Å²) in [5.74, 6) is 0.708. The molecule has 0 bridgehead atoms. The van der Waals surface area contributed by atoms with E-state index in [-0.39, 0.29) is 0 Å². The lowest BCUT2D eigenvalue weighted by atomic mass is 9.67. The third-order valence-corrected chi connectivity index (χ3v) is 12.8. The molecule has 11 aromatic rings. The van der Waals surface area contributed by atoms with Crippen LogP contribution in [0.15, 0.2) is 231 Å². The Bertz CT molecular complexity index is 3350. The molecule has 2 heteroatoms. The van der Waals surface area contributed by atoms with E-state index in [4.69, 9.17) is 9.97 Å². The average Bonchev–Trinajstić information content (AvgIpc) is 3.65. The standard InChI is InChI=1S/C59H38N2/c1-5-18-39(19-6-1)55-38-56(61-58(60-55)40-20-7-2-8-21-40)51-30-17-29-50-46-27-14-13-26-45(46)47-34-32-41(36-52(47)57(50)51)42-33-35-49-48-28-15-16-31-53(48)59(54(49)37-42,43-22-9-3-10-23-43)44-24-11-4-12-25-44/h1-38H. The van der Waals surface area contributed by atoms with E-state index in [1.54, 1.807) is 0 Å². The van der Waals surface area contributed by atoms with Crippen LogP contribution < -0.4 is 0 Å². The van der Waals surface area contributed by atoms with Gasteiger partial charge in [0.2, 0.25) is 0 Å². The van der Waals surface area contributed by atoms with Gasteiger partial charge in [-0.05, 0) is 95.0 Å². The molecule has 284 valence electrons. The number of fused-ring (bicyclic) bond motifs is 9. The molecule has 0 saturated heterocycles. The van der Waals surface area contributed by atoms with Crippen LogP contribution in [0, 0.1) is 0 Å². The average molecular weight is 775 g/mol. The Labute approximate surface area is 355 Å². The summed E-state index contributed by atoms with van der Waals surface area (Å²) in [6, 6.07) is 83.6. The molecule has 1 aromatic heterocycles. The van der Waals surface area contributed by atoms with Gasteiger partial charge in [-0.25, -0.2) is 9.97 Å². The fraction of sp³-hybridized carbons (Fsp3) is 0.0169. The summed E-state index contributed by atoms with van der Waals surface area (Å²) >= 11 is 0. The molecule has 2 nitrogen and oxygen atoms in total. The normalized spacial score (nSPS) is 12.7. The monoisotopic (exact) mass is 774 g/mol. The van der Waals surface area contributed by atoms with Crippen LogP contribution in [0.2, 0.25) is 0 Å². The first kappa shape index (κ1) is 35.0. The summed E-state index contributed by atoms with van der Waals surface area (Å²) in [5.41, 5.74) is 14.5. The first-order valence-corrected chi connectivity index (χ1v) is 21.0. The molecule has 0 spiro atoms. The molecule has 1 heterocycles. The maximum atomic E-state index is 5.34. The van der Waals surface area contributed by atoms with E-state index in [9.17, 15) is 0 Å². The van der Waals surface area contributed by atoms with Gasteiger partial charge in [0, 0.05) is 16.7 Å². The molecule has 0 radical (unpaired) electrons. The van der Waals surface area contributed by atoms with Gasteiger partial charge in [-0.3, -0.25) is 0 Å². The summed E-state index contributed by atoms with van der Waals surface area (Å²) in [6.45, 7) is 0. The summed E-state index contributed by atoms with van der Waals surface area (Å²) < 4.78 is 0. The molecule has 1 aliphatic rings. The molecule has 0 unspecified atom stereocenters. The van der Waals surface area contributed by atoms with Crippen molar-refractivity contribution in [2.24, 2.45) is 0 Å². The second-order valence-corrected chi connectivity index (χ2v) is 16.0. The first-order chi connectivity index (χ1) is 30.3. The third-order valence-electron chi connectivity index (χ3n) is 12.8. The number of benzene rings is 10. The number of hydrogen-bond acceptors (Lipinski definition) is 2. The van der Waals surface area contributed by atoms with E-state index in [2.05, 4.69) is 206 Å². The SMILES string of the molecule is c1ccc(-c2cc(-c3cccc4c5ccccc5c5ccc(-c6ccc7c(c6)C(c6ccccc6)(c6ccccc6)c6ccccc6-7)cc5c34)nc(-c3ccccc3)n2)cc1. The third kappa shape index (κ3) is 5.50. The lowest BCUT2D eigenvalue weighted by Crippen LogP contribution is -2.28. The van der Waals surface area contributed by atoms with Crippen molar-refractivity contribution < 1.29 is 0 Å². The van der Waals surface area contributed by atoms with Crippen LogP contribution in [0.1, 0.15) is 22.3 Å². The fourth-order valence-electron chi connectivity index (χ4n) is 10.1. The Hall–Kier alpha value is -7.94. The van der Waals surface area contributed by atoms with Gasteiger partial charge in [-0.2, -0.15) is 0 Å². The zero-order valence-electron chi connectivity index (χ0n) is 33.3. The predicted molar refractivity (Wildman–Crippen MR) is 254 cm³/mol. The smallest absolute Gasteiger partial charge is 0.160 e. The maximum Gasteiger partial charge on any atom is 0.160 e. The number of aromatic nitrogens is 2. The van der Waals surface area contributed by atoms with Crippen LogP contribution >= 0.6 is 0 Å². The van der Waals surface area contributed by atoms with Crippen molar-refractivity contribution >= 4 is 32.3 Å². The zero-order valence-corrected chi connectivity index (χ0v) is 33.3. The van der Waals surface area contributed by atoms with Crippen molar-refractivity contribution in [2.45, 2.75) is 5.41 Å². The molecule has 0 amide bonds. The van der Waals surface area contributed by atoms with Crippen molar-refractivity contribution in [2.75, 3.05) is 0 Å². The first-order valence-electron chi connectivity index (χ1n) is 21.0. The van der Waals surface area contributed by atoms with Gasteiger partial charge in [0.25, 0.3) is 0 Å². The maximum absolute atomic E-state index is 5.34. The minimum absolute atomic E-state index is 0.475. The van der Waals surface area contributed by atoms with Crippen LogP contribution in [-0.4, -0.2) is 9.97 Å². The highest BCUT2D eigenvalue weighted by Gasteiger charge is 2.46. The number of rotatable bonds is 6. The van der Waals surface area contributed by atoms with Crippen molar-refractivity contribution in [1.29, 1.82) is 0 Å². The van der Waals surface area contributed by atoms with Crippen molar-refractivity contribution in [3.63, 3.8) is 0 Å². The lowest BCUT2D eigenvalue weighted by molar-refractivity contribution is 0.769. The van der Waals surface area contributed by atoms with Gasteiger partial charge < -0.3 is 0 Å². The van der Waals surface area contributed by atoms with Crippen LogP contribution in [0.3, 0.4) is 0 Å².